The van der Waals surface area contributed by atoms with Crippen LogP contribution >= 0.6 is 0 Å². The van der Waals surface area contributed by atoms with Crippen molar-refractivity contribution in [3.05, 3.63) is 22.9 Å². The lowest BCUT2D eigenvalue weighted by molar-refractivity contribution is 0.0438. The van der Waals surface area contributed by atoms with Crippen molar-refractivity contribution in [1.29, 1.82) is 0 Å². The molecule has 2 aliphatic heterocycles. The molecule has 0 aromatic carbocycles. The molecule has 1 aromatic rings. The molecule has 2 fully saturated rings. The van der Waals surface area contributed by atoms with E-state index < -0.39 is 5.60 Å². The summed E-state index contributed by atoms with van der Waals surface area (Å²) in [5, 5.41) is 2.74. The number of aromatic nitrogens is 1. The Hall–Kier alpha value is -2.31. The fourth-order valence-electron chi connectivity index (χ4n) is 4.08. The highest BCUT2D eigenvalue weighted by Gasteiger charge is 2.42. The highest BCUT2D eigenvalue weighted by molar-refractivity contribution is 5.96. The van der Waals surface area contributed by atoms with Crippen molar-refractivity contribution < 1.29 is 19.1 Å². The zero-order valence-electron chi connectivity index (χ0n) is 14.5. The number of hydrogen-bond acceptors (Lipinski definition) is 5. The van der Waals surface area contributed by atoms with E-state index >= 15 is 0 Å². The van der Waals surface area contributed by atoms with Crippen molar-refractivity contribution >= 4 is 12.0 Å². The number of methoxy groups -OCH3 is 1. The number of fused-ring (bicyclic) bond motifs is 1. The number of pyridine rings is 1. The molecule has 0 saturated carbocycles. The smallest absolute Gasteiger partial charge is 0.407 e. The summed E-state index contributed by atoms with van der Waals surface area (Å²) in [5.41, 5.74) is 2.28. The largest absolute Gasteiger partial charge is 0.480 e. The first-order valence-corrected chi connectivity index (χ1v) is 8.93. The van der Waals surface area contributed by atoms with Gasteiger partial charge in [-0.05, 0) is 43.7 Å². The second-order valence-corrected chi connectivity index (χ2v) is 7.08. The van der Waals surface area contributed by atoms with E-state index in [9.17, 15) is 9.59 Å². The maximum Gasteiger partial charge on any atom is 0.407 e. The van der Waals surface area contributed by atoms with E-state index in [0.717, 1.165) is 43.4 Å². The molecule has 7 heteroatoms. The van der Waals surface area contributed by atoms with Crippen molar-refractivity contribution in [3.63, 3.8) is 0 Å². The van der Waals surface area contributed by atoms with E-state index in [1.54, 1.807) is 7.11 Å². The van der Waals surface area contributed by atoms with E-state index in [-0.39, 0.29) is 12.0 Å². The van der Waals surface area contributed by atoms with E-state index in [2.05, 4.69) is 10.3 Å². The SMILES string of the molecule is COc1nc2c(cc1C(=O)N1CCC[C@]3(CC1)CNC(=O)O3)CCC2. The molecule has 7 nitrogen and oxygen atoms in total. The fourth-order valence-corrected chi connectivity index (χ4v) is 4.08. The minimum Gasteiger partial charge on any atom is -0.480 e. The lowest BCUT2D eigenvalue weighted by atomic mass is 9.95. The summed E-state index contributed by atoms with van der Waals surface area (Å²) >= 11 is 0. The van der Waals surface area contributed by atoms with Gasteiger partial charge in [-0.15, -0.1) is 0 Å². The Morgan fingerprint density at radius 2 is 2.20 bits per heavy atom. The third-order valence-electron chi connectivity index (χ3n) is 5.49. The molecule has 3 aliphatic rings. The van der Waals surface area contributed by atoms with Gasteiger partial charge < -0.3 is 19.7 Å². The van der Waals surface area contributed by atoms with Gasteiger partial charge in [0.2, 0.25) is 5.88 Å². The Morgan fingerprint density at radius 1 is 1.32 bits per heavy atom. The van der Waals surface area contributed by atoms with Crippen LogP contribution in [0, 0.1) is 0 Å². The van der Waals surface area contributed by atoms with Gasteiger partial charge in [0.1, 0.15) is 11.2 Å². The zero-order valence-corrected chi connectivity index (χ0v) is 14.5. The summed E-state index contributed by atoms with van der Waals surface area (Å²) < 4.78 is 10.9. The predicted molar refractivity (Wildman–Crippen MR) is 89.8 cm³/mol. The number of nitrogens with zero attached hydrogens (tertiary/aromatic N) is 2. The standard InChI is InChI=1S/C18H23N3O4/c1-24-15-13(10-12-4-2-5-14(12)20-15)16(22)21-8-3-6-18(7-9-21)11-19-17(23)25-18/h10H,2-9,11H2,1H3,(H,19,23)/t18-/m0/s1. The molecule has 0 unspecified atom stereocenters. The van der Waals surface area contributed by atoms with Crippen LogP contribution in [-0.4, -0.2) is 54.2 Å². The number of ether oxygens (including phenoxy) is 2. The van der Waals surface area contributed by atoms with Crippen molar-refractivity contribution in [2.75, 3.05) is 26.7 Å². The Bertz CT molecular complexity index is 721. The number of amides is 2. The number of hydrogen-bond donors (Lipinski definition) is 1. The minimum atomic E-state index is -0.466. The van der Waals surface area contributed by atoms with Crippen molar-refractivity contribution in [2.45, 2.75) is 44.1 Å². The maximum atomic E-state index is 13.1. The van der Waals surface area contributed by atoms with Gasteiger partial charge in [-0.3, -0.25) is 4.79 Å². The molecule has 1 atom stereocenters. The quantitative estimate of drug-likeness (QED) is 0.882. The van der Waals surface area contributed by atoms with Crippen LogP contribution in [0.2, 0.25) is 0 Å². The van der Waals surface area contributed by atoms with Crippen LogP contribution in [0.25, 0.3) is 0 Å². The van der Waals surface area contributed by atoms with Crippen LogP contribution in [-0.2, 0) is 17.6 Å². The molecule has 0 bridgehead atoms. The van der Waals surface area contributed by atoms with Gasteiger partial charge in [-0.1, -0.05) is 0 Å². The molecule has 25 heavy (non-hydrogen) atoms. The molecule has 1 N–H and O–H groups in total. The van der Waals surface area contributed by atoms with E-state index in [0.29, 0.717) is 37.5 Å². The molecule has 2 saturated heterocycles. The molecule has 4 rings (SSSR count). The highest BCUT2D eigenvalue weighted by Crippen LogP contribution is 2.31. The first-order chi connectivity index (χ1) is 12.1. The molecule has 3 heterocycles. The minimum absolute atomic E-state index is 0.0478. The third-order valence-corrected chi connectivity index (χ3v) is 5.49. The third kappa shape index (κ3) is 2.92. The number of nitrogens with one attached hydrogen (secondary N) is 1. The second kappa shape index (κ2) is 6.20. The summed E-state index contributed by atoms with van der Waals surface area (Å²) in [6, 6.07) is 1.95. The summed E-state index contributed by atoms with van der Waals surface area (Å²) in [5.74, 6) is 0.368. The molecule has 2 amide bonds. The van der Waals surface area contributed by atoms with E-state index in [1.807, 2.05) is 11.0 Å². The Kier molecular flexibility index (Phi) is 4.01. The maximum absolute atomic E-state index is 13.1. The molecule has 1 spiro atoms. The van der Waals surface area contributed by atoms with Crippen LogP contribution in [0.1, 0.15) is 47.3 Å². The topological polar surface area (TPSA) is 80.8 Å². The monoisotopic (exact) mass is 345 g/mol. The van der Waals surface area contributed by atoms with Crippen LogP contribution < -0.4 is 10.1 Å². The van der Waals surface area contributed by atoms with Gasteiger partial charge in [0.15, 0.2) is 0 Å². The number of likely N-dealkylation sites (tertiary alicyclic amines) is 1. The predicted octanol–water partition coefficient (Wildman–Crippen LogP) is 1.68. The van der Waals surface area contributed by atoms with Crippen LogP contribution in [0.5, 0.6) is 5.88 Å². The van der Waals surface area contributed by atoms with Crippen LogP contribution in [0.15, 0.2) is 6.07 Å². The molecule has 1 aromatic heterocycles. The number of carbonyl (C=O) groups is 2. The first kappa shape index (κ1) is 16.2. The molecular formula is C18H23N3O4. The lowest BCUT2D eigenvalue weighted by Crippen LogP contribution is -2.36. The fraction of sp³-hybridized carbons (Fsp3) is 0.611. The Labute approximate surface area is 146 Å². The van der Waals surface area contributed by atoms with E-state index in [1.165, 1.54) is 0 Å². The second-order valence-electron chi connectivity index (χ2n) is 7.08. The summed E-state index contributed by atoms with van der Waals surface area (Å²) in [6.07, 6.45) is 4.87. The van der Waals surface area contributed by atoms with Gasteiger partial charge in [-0.25, -0.2) is 9.78 Å². The average molecular weight is 345 g/mol. The normalized spacial score (nSPS) is 25.3. The Morgan fingerprint density at radius 3 is 2.96 bits per heavy atom. The van der Waals surface area contributed by atoms with Crippen molar-refractivity contribution in [2.24, 2.45) is 0 Å². The van der Waals surface area contributed by atoms with Crippen LogP contribution in [0.4, 0.5) is 4.79 Å². The average Bonchev–Trinajstić information content (AvgIpc) is 3.16. The molecule has 0 radical (unpaired) electrons. The number of carbonyl (C=O) groups excluding carboxylic acids is 2. The molecule has 1 aliphatic carbocycles. The van der Waals surface area contributed by atoms with Crippen molar-refractivity contribution in [1.82, 2.24) is 15.2 Å². The van der Waals surface area contributed by atoms with Gasteiger partial charge in [-0.2, -0.15) is 0 Å². The Balaban J connectivity index is 1.54. The first-order valence-electron chi connectivity index (χ1n) is 8.93. The van der Waals surface area contributed by atoms with Gasteiger partial charge >= 0.3 is 6.09 Å². The highest BCUT2D eigenvalue weighted by atomic mass is 16.6. The zero-order chi connectivity index (χ0) is 17.4. The molecular weight excluding hydrogens is 322 g/mol. The van der Waals surface area contributed by atoms with Crippen molar-refractivity contribution in [3.8, 4) is 5.88 Å². The summed E-state index contributed by atoms with van der Waals surface area (Å²) in [4.78, 5) is 30.9. The molecule has 134 valence electrons. The lowest BCUT2D eigenvalue weighted by Gasteiger charge is -2.25. The number of alkyl carbamates (subject to hydrolysis) is 1. The summed E-state index contributed by atoms with van der Waals surface area (Å²) in [7, 11) is 1.56. The number of rotatable bonds is 2. The van der Waals surface area contributed by atoms with E-state index in [4.69, 9.17) is 9.47 Å². The summed E-state index contributed by atoms with van der Waals surface area (Å²) in [6.45, 7) is 1.74. The van der Waals surface area contributed by atoms with Crippen LogP contribution in [0.3, 0.4) is 0 Å². The van der Waals surface area contributed by atoms with Gasteiger partial charge in [0.25, 0.3) is 5.91 Å². The van der Waals surface area contributed by atoms with Gasteiger partial charge in [0, 0.05) is 25.2 Å². The van der Waals surface area contributed by atoms with Gasteiger partial charge in [0.05, 0.1) is 13.7 Å². The number of aryl methyl sites for hydroxylation is 2.